The van der Waals surface area contributed by atoms with Crippen LogP contribution in [-0.2, 0) is 0 Å². The molecule has 0 saturated heterocycles. The van der Waals surface area contributed by atoms with E-state index in [0.717, 1.165) is 43.6 Å². The van der Waals surface area contributed by atoms with E-state index in [4.69, 9.17) is 0 Å². The lowest BCUT2D eigenvalue weighted by molar-refractivity contribution is 0.0787. The van der Waals surface area contributed by atoms with E-state index in [9.17, 15) is 4.79 Å². The smallest absolute Gasteiger partial charge is 0.272 e. The van der Waals surface area contributed by atoms with Crippen molar-refractivity contribution in [1.29, 1.82) is 0 Å². The summed E-state index contributed by atoms with van der Waals surface area (Å²) in [5.41, 5.74) is 1.37. The zero-order chi connectivity index (χ0) is 16.9. The van der Waals surface area contributed by atoms with Gasteiger partial charge in [0, 0.05) is 31.3 Å². The van der Waals surface area contributed by atoms with Crippen LogP contribution in [0.3, 0.4) is 0 Å². The molecule has 5 heteroatoms. The Morgan fingerprint density at radius 2 is 2.00 bits per heavy atom. The van der Waals surface area contributed by atoms with Crippen molar-refractivity contribution in [2.24, 2.45) is 0 Å². The van der Waals surface area contributed by atoms with Gasteiger partial charge in [0.25, 0.3) is 5.91 Å². The zero-order valence-corrected chi connectivity index (χ0v) is 14.3. The molecule has 1 N–H and O–H groups in total. The van der Waals surface area contributed by atoms with E-state index in [1.165, 1.54) is 0 Å². The minimum Gasteiger partial charge on any atom is -0.367 e. The van der Waals surface area contributed by atoms with Crippen molar-refractivity contribution in [2.75, 3.05) is 18.9 Å². The third-order valence-corrected chi connectivity index (χ3v) is 4.10. The number of nitrogens with zero attached hydrogens (tertiary/aromatic N) is 3. The Labute approximate surface area is 143 Å². The van der Waals surface area contributed by atoms with Gasteiger partial charge in [-0.25, -0.2) is 9.97 Å². The molecule has 1 saturated carbocycles. The molecule has 1 aromatic heterocycles. The van der Waals surface area contributed by atoms with Crippen LogP contribution in [0, 0.1) is 0 Å². The Morgan fingerprint density at radius 1 is 1.25 bits per heavy atom. The molecule has 1 aliphatic rings. The average Bonchev–Trinajstić information content (AvgIpc) is 3.43. The molecule has 1 fully saturated rings. The van der Waals surface area contributed by atoms with E-state index in [1.807, 2.05) is 37.4 Å². The van der Waals surface area contributed by atoms with E-state index in [1.54, 1.807) is 11.0 Å². The van der Waals surface area contributed by atoms with Crippen LogP contribution in [0.2, 0.25) is 0 Å². The van der Waals surface area contributed by atoms with Crippen LogP contribution in [0.1, 0.15) is 43.1 Å². The minimum atomic E-state index is -0.0538. The quantitative estimate of drug-likeness (QED) is 0.845. The van der Waals surface area contributed by atoms with Crippen molar-refractivity contribution in [3.05, 3.63) is 42.1 Å². The summed E-state index contributed by atoms with van der Waals surface area (Å²) >= 11 is 0. The highest BCUT2D eigenvalue weighted by atomic mass is 16.2. The first kappa shape index (κ1) is 16.4. The van der Waals surface area contributed by atoms with Crippen LogP contribution in [0.25, 0.3) is 11.4 Å². The molecular formula is C19H24N4O. The average molecular weight is 324 g/mol. The maximum Gasteiger partial charge on any atom is 0.272 e. The van der Waals surface area contributed by atoms with Crippen molar-refractivity contribution in [3.63, 3.8) is 0 Å². The second kappa shape index (κ2) is 7.43. The van der Waals surface area contributed by atoms with Crippen molar-refractivity contribution in [2.45, 2.75) is 38.6 Å². The highest BCUT2D eigenvalue weighted by molar-refractivity contribution is 5.93. The second-order valence-electron chi connectivity index (χ2n) is 6.33. The fraction of sp³-hybridized carbons (Fsp3) is 0.421. The van der Waals surface area contributed by atoms with Gasteiger partial charge < -0.3 is 10.2 Å². The molecule has 0 unspecified atom stereocenters. The Bertz CT molecular complexity index is 698. The van der Waals surface area contributed by atoms with E-state index in [2.05, 4.69) is 22.2 Å². The van der Waals surface area contributed by atoms with Gasteiger partial charge in [-0.05, 0) is 19.3 Å². The maximum atomic E-state index is 12.7. The summed E-state index contributed by atoms with van der Waals surface area (Å²) in [4.78, 5) is 23.5. The normalized spacial score (nSPS) is 13.6. The second-order valence-corrected chi connectivity index (χ2v) is 6.33. The number of hydrogen-bond donors (Lipinski definition) is 1. The molecule has 24 heavy (non-hydrogen) atoms. The maximum absolute atomic E-state index is 12.7. The highest BCUT2D eigenvalue weighted by Gasteiger charge is 2.23. The monoisotopic (exact) mass is 324 g/mol. The van der Waals surface area contributed by atoms with Crippen molar-refractivity contribution in [1.82, 2.24) is 14.9 Å². The number of carbonyl (C=O) groups is 1. The largest absolute Gasteiger partial charge is 0.367 e. The van der Waals surface area contributed by atoms with Crippen LogP contribution in [-0.4, -0.2) is 40.4 Å². The summed E-state index contributed by atoms with van der Waals surface area (Å²) in [6, 6.07) is 12.0. The molecular weight excluding hydrogens is 300 g/mol. The van der Waals surface area contributed by atoms with Crippen LogP contribution in [0.15, 0.2) is 36.4 Å². The molecule has 1 aliphatic carbocycles. The number of amides is 1. The lowest BCUT2D eigenvalue weighted by Crippen LogP contribution is -2.28. The van der Waals surface area contributed by atoms with Gasteiger partial charge in [0.05, 0.1) is 0 Å². The number of nitrogens with one attached hydrogen (secondary N) is 1. The predicted octanol–water partition coefficient (Wildman–Crippen LogP) is 3.59. The topological polar surface area (TPSA) is 58.1 Å². The number of aromatic nitrogens is 2. The van der Waals surface area contributed by atoms with Gasteiger partial charge in [-0.15, -0.1) is 0 Å². The fourth-order valence-corrected chi connectivity index (χ4v) is 2.48. The van der Waals surface area contributed by atoms with Gasteiger partial charge in [0.15, 0.2) is 5.82 Å². The van der Waals surface area contributed by atoms with Crippen molar-refractivity contribution >= 4 is 11.7 Å². The number of hydrogen-bond acceptors (Lipinski definition) is 4. The molecule has 5 nitrogen and oxygen atoms in total. The van der Waals surface area contributed by atoms with Gasteiger partial charge in [0.2, 0.25) is 0 Å². The summed E-state index contributed by atoms with van der Waals surface area (Å²) in [6.45, 7) is 2.86. The molecule has 0 radical (unpaired) electrons. The van der Waals surface area contributed by atoms with E-state index in [0.29, 0.717) is 17.6 Å². The van der Waals surface area contributed by atoms with Crippen LogP contribution >= 0.6 is 0 Å². The van der Waals surface area contributed by atoms with Crippen LogP contribution in [0.5, 0.6) is 0 Å². The van der Waals surface area contributed by atoms with Gasteiger partial charge in [-0.1, -0.05) is 43.7 Å². The Kier molecular flexibility index (Phi) is 5.08. The molecule has 2 aromatic rings. The fourth-order valence-electron chi connectivity index (χ4n) is 2.48. The molecule has 0 aliphatic heterocycles. The molecule has 0 bridgehead atoms. The Morgan fingerprint density at radius 3 is 2.67 bits per heavy atom. The number of carbonyl (C=O) groups excluding carboxylic acids is 1. The summed E-state index contributed by atoms with van der Waals surface area (Å²) < 4.78 is 0. The van der Waals surface area contributed by atoms with Gasteiger partial charge in [-0.3, -0.25) is 4.79 Å². The third kappa shape index (κ3) is 4.10. The predicted molar refractivity (Wildman–Crippen MR) is 96.0 cm³/mol. The van der Waals surface area contributed by atoms with Crippen molar-refractivity contribution < 1.29 is 4.79 Å². The van der Waals surface area contributed by atoms with Crippen molar-refractivity contribution in [3.8, 4) is 11.4 Å². The molecule has 3 rings (SSSR count). The first-order valence-corrected chi connectivity index (χ1v) is 8.64. The standard InChI is InChI=1S/C19H24N4O/c1-3-4-12-23(2)19(24)16-13-17(20-15-10-11-15)22-18(21-16)14-8-6-5-7-9-14/h5-9,13,15H,3-4,10-12H2,1-2H3,(H,20,21,22). The van der Waals surface area contributed by atoms with Gasteiger partial charge >= 0.3 is 0 Å². The molecule has 1 amide bonds. The highest BCUT2D eigenvalue weighted by Crippen LogP contribution is 2.25. The third-order valence-electron chi connectivity index (χ3n) is 4.10. The number of anilines is 1. The molecule has 1 heterocycles. The Hall–Kier alpha value is -2.43. The molecule has 0 atom stereocenters. The van der Waals surface area contributed by atoms with Gasteiger partial charge in [-0.2, -0.15) is 0 Å². The number of unbranched alkanes of at least 4 members (excludes halogenated alkanes) is 1. The Balaban J connectivity index is 1.90. The summed E-state index contributed by atoms with van der Waals surface area (Å²) in [5, 5.41) is 3.38. The number of benzene rings is 1. The minimum absolute atomic E-state index is 0.0538. The van der Waals surface area contributed by atoms with E-state index in [-0.39, 0.29) is 5.91 Å². The zero-order valence-electron chi connectivity index (χ0n) is 14.3. The van der Waals surface area contributed by atoms with E-state index >= 15 is 0 Å². The lowest BCUT2D eigenvalue weighted by Gasteiger charge is -2.17. The lowest BCUT2D eigenvalue weighted by atomic mass is 10.2. The summed E-state index contributed by atoms with van der Waals surface area (Å²) in [5.74, 6) is 1.27. The first-order chi connectivity index (χ1) is 11.7. The molecule has 126 valence electrons. The first-order valence-electron chi connectivity index (χ1n) is 8.64. The number of rotatable bonds is 7. The SMILES string of the molecule is CCCCN(C)C(=O)c1cc(NC2CC2)nc(-c2ccccc2)n1. The van der Waals surface area contributed by atoms with Crippen LogP contribution in [0.4, 0.5) is 5.82 Å². The van der Waals surface area contributed by atoms with Crippen LogP contribution < -0.4 is 5.32 Å². The van der Waals surface area contributed by atoms with Gasteiger partial charge in [0.1, 0.15) is 11.5 Å². The molecule has 1 aromatic carbocycles. The summed E-state index contributed by atoms with van der Waals surface area (Å²) in [6.07, 6.45) is 4.37. The van der Waals surface area contributed by atoms with E-state index < -0.39 is 0 Å². The molecule has 0 spiro atoms. The summed E-state index contributed by atoms with van der Waals surface area (Å²) in [7, 11) is 1.83.